The number of aliphatic hydroxyl groups is 1. The second-order valence-electron chi connectivity index (χ2n) is 11.6. The predicted octanol–water partition coefficient (Wildman–Crippen LogP) is 4.16. The van der Waals surface area contributed by atoms with Gasteiger partial charge in [0.05, 0.1) is 35.5 Å². The lowest BCUT2D eigenvalue weighted by Crippen LogP contribution is -2.53. The first-order valence-corrected chi connectivity index (χ1v) is 14.8. The number of halogens is 1. The van der Waals surface area contributed by atoms with E-state index >= 15 is 4.79 Å². The predicted molar refractivity (Wildman–Crippen MR) is 158 cm³/mol. The number of allylic oxidation sites excluding steroid dienone is 2. The van der Waals surface area contributed by atoms with E-state index in [2.05, 4.69) is 5.32 Å². The fourth-order valence-electron chi connectivity index (χ4n) is 7.95. The maximum absolute atomic E-state index is 15.0. The van der Waals surface area contributed by atoms with Crippen molar-refractivity contribution in [2.24, 2.45) is 23.7 Å². The first kappa shape index (κ1) is 27.6. The van der Waals surface area contributed by atoms with Gasteiger partial charge in [0.15, 0.2) is 0 Å². The van der Waals surface area contributed by atoms with Crippen molar-refractivity contribution >= 4 is 40.9 Å². The standard InChI is InChI=1S/C34H29ClN2O6/c35-21-7-4-8-22(17-21)37-32(41)27-18-26-24(13-14-25-28(26)31(40)36-30(25)39)29(19-9-11-23(12-10-19)43-16-15-38)34(27,33(37)42)20-5-2-1-3-6-20/h1-13,17,25-29,38H,14-16,18H2,(H,36,39,40). The Labute approximate surface area is 253 Å². The summed E-state index contributed by atoms with van der Waals surface area (Å²) in [4.78, 5) is 56.8. The fraction of sp³-hybridized carbons (Fsp3) is 0.294. The molecule has 7 rings (SSSR count). The molecule has 6 atom stereocenters. The van der Waals surface area contributed by atoms with Crippen LogP contribution >= 0.6 is 11.6 Å². The number of fused-ring (bicyclic) bond motifs is 4. The maximum Gasteiger partial charge on any atom is 0.246 e. The van der Waals surface area contributed by atoms with Gasteiger partial charge in [-0.2, -0.15) is 0 Å². The Bertz CT molecular complexity index is 1670. The summed E-state index contributed by atoms with van der Waals surface area (Å²) >= 11 is 6.33. The molecule has 0 bridgehead atoms. The van der Waals surface area contributed by atoms with Crippen molar-refractivity contribution in [1.82, 2.24) is 5.32 Å². The van der Waals surface area contributed by atoms with Crippen molar-refractivity contribution in [3.8, 4) is 5.75 Å². The number of anilines is 1. The molecule has 4 amide bonds. The molecule has 2 aliphatic heterocycles. The van der Waals surface area contributed by atoms with Crippen LogP contribution in [0.3, 0.4) is 0 Å². The minimum absolute atomic E-state index is 0.128. The highest BCUT2D eigenvalue weighted by Gasteiger charge is 2.69. The number of amides is 4. The highest BCUT2D eigenvalue weighted by Crippen LogP contribution is 2.64. The molecule has 0 aromatic heterocycles. The summed E-state index contributed by atoms with van der Waals surface area (Å²) in [5.74, 6) is -3.69. The average molecular weight is 597 g/mol. The second kappa shape index (κ2) is 10.5. The Morgan fingerprint density at radius 3 is 2.42 bits per heavy atom. The average Bonchev–Trinajstić information content (AvgIpc) is 3.44. The maximum atomic E-state index is 15.0. The lowest BCUT2D eigenvalue weighted by Gasteiger charge is -2.50. The van der Waals surface area contributed by atoms with Gasteiger partial charge < -0.3 is 9.84 Å². The van der Waals surface area contributed by atoms with Gasteiger partial charge in [-0.15, -0.1) is 0 Å². The van der Waals surface area contributed by atoms with Crippen LogP contribution in [0.25, 0.3) is 0 Å². The van der Waals surface area contributed by atoms with E-state index in [9.17, 15) is 19.5 Å². The van der Waals surface area contributed by atoms with Gasteiger partial charge in [0.2, 0.25) is 23.6 Å². The molecule has 4 aliphatic rings. The van der Waals surface area contributed by atoms with Crippen molar-refractivity contribution in [2.45, 2.75) is 24.2 Å². The van der Waals surface area contributed by atoms with Crippen molar-refractivity contribution in [3.63, 3.8) is 0 Å². The number of hydrogen-bond acceptors (Lipinski definition) is 6. The zero-order valence-electron chi connectivity index (χ0n) is 23.1. The van der Waals surface area contributed by atoms with Gasteiger partial charge >= 0.3 is 0 Å². The number of carbonyl (C=O) groups excluding carboxylic acids is 4. The van der Waals surface area contributed by atoms with E-state index in [-0.39, 0.29) is 43.3 Å². The summed E-state index contributed by atoms with van der Waals surface area (Å²) in [6, 6.07) is 23.4. The van der Waals surface area contributed by atoms with Crippen LogP contribution in [0.2, 0.25) is 5.02 Å². The zero-order valence-corrected chi connectivity index (χ0v) is 23.9. The van der Waals surface area contributed by atoms with E-state index in [1.807, 2.05) is 48.5 Å². The Hall–Kier alpha value is -4.27. The van der Waals surface area contributed by atoms with Gasteiger partial charge in [0.25, 0.3) is 0 Å². The number of carbonyl (C=O) groups is 4. The van der Waals surface area contributed by atoms with Crippen molar-refractivity contribution in [1.29, 1.82) is 0 Å². The number of nitrogens with one attached hydrogen (secondary N) is 1. The summed E-state index contributed by atoms with van der Waals surface area (Å²) in [6.45, 7) is 0.0108. The smallest absolute Gasteiger partial charge is 0.246 e. The van der Waals surface area contributed by atoms with E-state index in [1.165, 1.54) is 4.90 Å². The summed E-state index contributed by atoms with van der Waals surface area (Å²) in [6.07, 6.45) is 2.64. The Morgan fingerprint density at radius 2 is 1.70 bits per heavy atom. The van der Waals surface area contributed by atoms with Crippen LogP contribution < -0.4 is 15.0 Å². The van der Waals surface area contributed by atoms with E-state index < -0.39 is 35.0 Å². The highest BCUT2D eigenvalue weighted by molar-refractivity contribution is 6.32. The summed E-state index contributed by atoms with van der Waals surface area (Å²) in [7, 11) is 0. The molecule has 2 N–H and O–H groups in total. The minimum atomic E-state index is -1.32. The van der Waals surface area contributed by atoms with E-state index in [0.717, 1.165) is 11.1 Å². The number of hydrogen-bond donors (Lipinski definition) is 2. The van der Waals surface area contributed by atoms with Crippen LogP contribution in [0.4, 0.5) is 5.69 Å². The summed E-state index contributed by atoms with van der Waals surface area (Å²) in [5, 5.41) is 12.1. The number of ether oxygens (including phenoxy) is 1. The number of nitrogens with zero attached hydrogens (tertiary/aromatic N) is 1. The molecule has 3 aromatic carbocycles. The molecule has 2 aliphatic carbocycles. The van der Waals surface area contributed by atoms with Crippen LogP contribution in [-0.2, 0) is 24.6 Å². The fourth-order valence-corrected chi connectivity index (χ4v) is 8.13. The third kappa shape index (κ3) is 4.07. The molecule has 2 saturated heterocycles. The van der Waals surface area contributed by atoms with E-state index in [0.29, 0.717) is 28.4 Å². The molecule has 1 saturated carbocycles. The topological polar surface area (TPSA) is 113 Å². The molecule has 8 nitrogen and oxygen atoms in total. The normalized spacial score (nSPS) is 29.5. The first-order chi connectivity index (χ1) is 20.9. The van der Waals surface area contributed by atoms with Gasteiger partial charge in [-0.3, -0.25) is 24.5 Å². The van der Waals surface area contributed by atoms with Gasteiger partial charge in [-0.25, -0.2) is 4.90 Å². The van der Waals surface area contributed by atoms with Crippen molar-refractivity contribution < 1.29 is 29.0 Å². The van der Waals surface area contributed by atoms with Crippen LogP contribution in [-0.4, -0.2) is 41.9 Å². The molecule has 43 heavy (non-hydrogen) atoms. The van der Waals surface area contributed by atoms with Gasteiger partial charge in [-0.05, 0) is 60.2 Å². The molecule has 0 radical (unpaired) electrons. The minimum Gasteiger partial charge on any atom is -0.491 e. The molecule has 2 heterocycles. The van der Waals surface area contributed by atoms with Crippen LogP contribution in [0, 0.1) is 23.7 Å². The molecule has 218 valence electrons. The van der Waals surface area contributed by atoms with Gasteiger partial charge in [0, 0.05) is 10.9 Å². The molecular formula is C34H29ClN2O6. The summed E-state index contributed by atoms with van der Waals surface area (Å²) < 4.78 is 5.61. The molecule has 3 fully saturated rings. The van der Waals surface area contributed by atoms with Crippen LogP contribution in [0.5, 0.6) is 5.75 Å². The lowest BCUT2D eigenvalue weighted by molar-refractivity contribution is -0.128. The van der Waals surface area contributed by atoms with Crippen molar-refractivity contribution in [3.05, 3.63) is 107 Å². The Kier molecular flexibility index (Phi) is 6.71. The first-order valence-electron chi connectivity index (χ1n) is 14.4. The number of rotatable bonds is 6. The van der Waals surface area contributed by atoms with Gasteiger partial charge in [-0.1, -0.05) is 71.8 Å². The zero-order chi connectivity index (χ0) is 29.9. The molecule has 6 unspecified atom stereocenters. The third-order valence-corrected chi connectivity index (χ3v) is 9.82. The SMILES string of the molecule is O=C1NC(=O)C2C1CC=C1C2CC2C(=O)N(c3cccc(Cl)c3)C(=O)C2(c2ccccc2)C1c1ccc(OCCO)cc1. The van der Waals surface area contributed by atoms with E-state index in [4.69, 9.17) is 16.3 Å². The highest BCUT2D eigenvalue weighted by atomic mass is 35.5. The Morgan fingerprint density at radius 1 is 0.930 bits per heavy atom. The number of aliphatic hydroxyl groups excluding tert-OH is 1. The van der Waals surface area contributed by atoms with Crippen LogP contribution in [0.1, 0.15) is 29.9 Å². The molecule has 0 spiro atoms. The lowest BCUT2D eigenvalue weighted by atomic mass is 9.49. The Balaban J connectivity index is 1.47. The number of imide groups is 2. The largest absolute Gasteiger partial charge is 0.491 e. The molecule has 3 aromatic rings. The second-order valence-corrected chi connectivity index (χ2v) is 12.0. The van der Waals surface area contributed by atoms with Crippen LogP contribution in [0.15, 0.2) is 90.5 Å². The molecular weight excluding hydrogens is 568 g/mol. The summed E-state index contributed by atoms with van der Waals surface area (Å²) in [5.41, 5.74) is 1.47. The monoisotopic (exact) mass is 596 g/mol. The molecule has 9 heteroatoms. The third-order valence-electron chi connectivity index (χ3n) is 9.58. The van der Waals surface area contributed by atoms with E-state index in [1.54, 1.807) is 36.4 Å². The van der Waals surface area contributed by atoms with Crippen molar-refractivity contribution in [2.75, 3.05) is 18.1 Å². The number of benzene rings is 3. The van der Waals surface area contributed by atoms with Gasteiger partial charge in [0.1, 0.15) is 12.4 Å². The quantitative estimate of drug-likeness (QED) is 0.326.